The van der Waals surface area contributed by atoms with Crippen LogP contribution in [-0.2, 0) is 4.79 Å². The number of aromatic nitrogens is 2. The van der Waals surface area contributed by atoms with Gasteiger partial charge in [-0.05, 0) is 26.0 Å². The molecular formula is C13H15N3O2. The average molecular weight is 245 g/mol. The van der Waals surface area contributed by atoms with Gasteiger partial charge < -0.3 is 10.4 Å². The number of anilines is 1. The molecule has 0 aliphatic rings. The molecule has 0 atom stereocenters. The first-order valence-electron chi connectivity index (χ1n) is 5.68. The molecule has 0 saturated carbocycles. The lowest BCUT2D eigenvalue weighted by Crippen LogP contribution is -2.32. The Morgan fingerprint density at radius 1 is 1.33 bits per heavy atom. The van der Waals surface area contributed by atoms with Crippen LogP contribution in [0.1, 0.15) is 13.8 Å². The Morgan fingerprint density at radius 3 is 2.67 bits per heavy atom. The van der Waals surface area contributed by atoms with E-state index in [4.69, 9.17) is 5.11 Å². The number of rotatable bonds is 4. The van der Waals surface area contributed by atoms with Crippen molar-refractivity contribution in [3.63, 3.8) is 0 Å². The molecule has 2 N–H and O–H groups in total. The van der Waals surface area contributed by atoms with E-state index in [0.29, 0.717) is 12.4 Å². The second-order valence-electron chi connectivity index (χ2n) is 4.79. The number of hydrogen-bond acceptors (Lipinski definition) is 4. The molecule has 2 aromatic rings. The van der Waals surface area contributed by atoms with Crippen LogP contribution in [0.25, 0.3) is 11.0 Å². The van der Waals surface area contributed by atoms with Crippen molar-refractivity contribution in [1.82, 2.24) is 9.97 Å². The summed E-state index contributed by atoms with van der Waals surface area (Å²) in [5, 5.41) is 12.0. The van der Waals surface area contributed by atoms with Crippen molar-refractivity contribution >= 4 is 22.8 Å². The van der Waals surface area contributed by atoms with Crippen LogP contribution in [0.15, 0.2) is 30.5 Å². The smallest absolute Gasteiger partial charge is 0.310 e. The van der Waals surface area contributed by atoms with E-state index in [9.17, 15) is 4.79 Å². The topological polar surface area (TPSA) is 75.1 Å². The number of hydrogen-bond donors (Lipinski definition) is 2. The molecule has 2 rings (SSSR count). The highest BCUT2D eigenvalue weighted by Crippen LogP contribution is 2.17. The van der Waals surface area contributed by atoms with Crippen LogP contribution in [0.5, 0.6) is 0 Å². The van der Waals surface area contributed by atoms with Gasteiger partial charge in [-0.15, -0.1) is 0 Å². The van der Waals surface area contributed by atoms with E-state index in [1.54, 1.807) is 20.0 Å². The van der Waals surface area contributed by atoms with Crippen LogP contribution in [-0.4, -0.2) is 27.6 Å². The highest BCUT2D eigenvalue weighted by molar-refractivity contribution is 5.76. The second kappa shape index (κ2) is 4.60. The van der Waals surface area contributed by atoms with Crippen molar-refractivity contribution in [2.24, 2.45) is 5.41 Å². The molecule has 1 heterocycles. The first-order valence-corrected chi connectivity index (χ1v) is 5.68. The summed E-state index contributed by atoms with van der Waals surface area (Å²) in [7, 11) is 0. The number of benzene rings is 1. The van der Waals surface area contributed by atoms with Gasteiger partial charge in [0.2, 0.25) is 0 Å². The summed E-state index contributed by atoms with van der Waals surface area (Å²) in [6, 6.07) is 7.54. The zero-order valence-corrected chi connectivity index (χ0v) is 10.3. The lowest BCUT2D eigenvalue weighted by Gasteiger charge is -2.19. The molecule has 0 aliphatic carbocycles. The maximum Gasteiger partial charge on any atom is 0.310 e. The average Bonchev–Trinajstić information content (AvgIpc) is 2.36. The van der Waals surface area contributed by atoms with Crippen molar-refractivity contribution in [2.45, 2.75) is 13.8 Å². The van der Waals surface area contributed by atoms with E-state index in [2.05, 4.69) is 15.3 Å². The minimum atomic E-state index is -0.844. The Morgan fingerprint density at radius 2 is 2.00 bits per heavy atom. The van der Waals surface area contributed by atoms with Gasteiger partial charge in [-0.2, -0.15) is 0 Å². The largest absolute Gasteiger partial charge is 0.481 e. The second-order valence-corrected chi connectivity index (χ2v) is 4.79. The highest BCUT2D eigenvalue weighted by atomic mass is 16.4. The number of nitrogens with zero attached hydrogens (tertiary/aromatic N) is 2. The molecule has 0 fully saturated rings. The van der Waals surface area contributed by atoms with Crippen molar-refractivity contribution in [2.75, 3.05) is 11.9 Å². The third-order valence-corrected chi connectivity index (χ3v) is 2.74. The van der Waals surface area contributed by atoms with Crippen LogP contribution in [0, 0.1) is 5.41 Å². The first-order chi connectivity index (χ1) is 8.49. The molecule has 0 bridgehead atoms. The van der Waals surface area contributed by atoms with E-state index in [-0.39, 0.29) is 0 Å². The maximum atomic E-state index is 11.0. The van der Waals surface area contributed by atoms with E-state index in [1.165, 1.54) is 0 Å². The third kappa shape index (κ3) is 2.56. The van der Waals surface area contributed by atoms with Crippen LogP contribution in [0.3, 0.4) is 0 Å². The normalized spacial score (nSPS) is 11.4. The van der Waals surface area contributed by atoms with Gasteiger partial charge in [0.05, 0.1) is 22.6 Å². The van der Waals surface area contributed by atoms with E-state index in [0.717, 1.165) is 11.0 Å². The Labute approximate surface area is 105 Å². The molecule has 1 aromatic carbocycles. The number of aliphatic carboxylic acids is 1. The van der Waals surface area contributed by atoms with Crippen molar-refractivity contribution in [1.29, 1.82) is 0 Å². The first kappa shape index (κ1) is 12.3. The highest BCUT2D eigenvalue weighted by Gasteiger charge is 2.26. The number of carboxylic acid groups (broad SMARTS) is 1. The molecule has 0 spiro atoms. The fraction of sp³-hybridized carbons (Fsp3) is 0.308. The summed E-state index contributed by atoms with van der Waals surface area (Å²) in [5.74, 6) is -0.258. The van der Waals surface area contributed by atoms with Gasteiger partial charge in [-0.25, -0.2) is 4.98 Å². The van der Waals surface area contributed by atoms with Crippen molar-refractivity contribution in [3.05, 3.63) is 30.5 Å². The number of fused-ring (bicyclic) bond motifs is 1. The zero-order valence-electron chi connectivity index (χ0n) is 10.3. The Kier molecular flexibility index (Phi) is 3.14. The molecule has 94 valence electrons. The van der Waals surface area contributed by atoms with Crippen molar-refractivity contribution in [3.8, 4) is 0 Å². The third-order valence-electron chi connectivity index (χ3n) is 2.74. The summed E-state index contributed by atoms with van der Waals surface area (Å²) >= 11 is 0. The summed E-state index contributed by atoms with van der Waals surface area (Å²) in [6.07, 6.45) is 1.61. The number of para-hydroxylation sites is 2. The maximum absolute atomic E-state index is 11.0. The minimum absolute atomic E-state index is 0.301. The molecule has 0 radical (unpaired) electrons. The van der Waals surface area contributed by atoms with Crippen LogP contribution in [0.4, 0.5) is 5.82 Å². The van der Waals surface area contributed by atoms with Gasteiger partial charge in [-0.1, -0.05) is 12.1 Å². The Balaban J connectivity index is 2.15. The molecule has 0 saturated heterocycles. The fourth-order valence-electron chi connectivity index (χ4n) is 1.43. The Hall–Kier alpha value is -2.17. The SMILES string of the molecule is CC(C)(CNc1cnc2ccccc2n1)C(=O)O. The molecule has 0 amide bonds. The van der Waals surface area contributed by atoms with Crippen LogP contribution < -0.4 is 5.32 Å². The molecule has 1 aromatic heterocycles. The quantitative estimate of drug-likeness (QED) is 0.863. The van der Waals surface area contributed by atoms with Gasteiger partial charge in [0.1, 0.15) is 5.82 Å². The summed E-state index contributed by atoms with van der Waals surface area (Å²) in [4.78, 5) is 19.6. The molecule has 5 heteroatoms. The molecule has 5 nitrogen and oxygen atoms in total. The molecular weight excluding hydrogens is 230 g/mol. The number of carboxylic acids is 1. The monoisotopic (exact) mass is 245 g/mol. The van der Waals surface area contributed by atoms with E-state index >= 15 is 0 Å². The lowest BCUT2D eigenvalue weighted by atomic mass is 9.94. The predicted octanol–water partition coefficient (Wildman–Crippen LogP) is 2.15. The number of nitrogens with one attached hydrogen (secondary N) is 1. The fourth-order valence-corrected chi connectivity index (χ4v) is 1.43. The minimum Gasteiger partial charge on any atom is -0.481 e. The van der Waals surface area contributed by atoms with Gasteiger partial charge in [-0.3, -0.25) is 9.78 Å². The predicted molar refractivity (Wildman–Crippen MR) is 69.4 cm³/mol. The molecule has 0 unspecified atom stereocenters. The standard InChI is InChI=1S/C13H15N3O2/c1-13(2,12(17)18)8-15-11-7-14-9-5-3-4-6-10(9)16-11/h3-7H,8H2,1-2H3,(H,15,16)(H,17,18). The van der Waals surface area contributed by atoms with E-state index < -0.39 is 11.4 Å². The van der Waals surface area contributed by atoms with Gasteiger partial charge in [0.15, 0.2) is 0 Å². The zero-order chi connectivity index (χ0) is 13.2. The van der Waals surface area contributed by atoms with Gasteiger partial charge >= 0.3 is 5.97 Å². The Bertz CT molecular complexity index is 581. The summed E-state index contributed by atoms with van der Waals surface area (Å²) in [5.41, 5.74) is 0.768. The summed E-state index contributed by atoms with van der Waals surface area (Å²) in [6.45, 7) is 3.63. The van der Waals surface area contributed by atoms with Gasteiger partial charge in [0.25, 0.3) is 0 Å². The molecule has 0 aliphatic heterocycles. The van der Waals surface area contributed by atoms with Crippen molar-refractivity contribution < 1.29 is 9.90 Å². The lowest BCUT2D eigenvalue weighted by molar-refractivity contribution is -0.146. The van der Waals surface area contributed by atoms with Crippen LogP contribution >= 0.6 is 0 Å². The van der Waals surface area contributed by atoms with Crippen LogP contribution in [0.2, 0.25) is 0 Å². The van der Waals surface area contributed by atoms with E-state index in [1.807, 2.05) is 24.3 Å². The molecule has 18 heavy (non-hydrogen) atoms. The number of carbonyl (C=O) groups is 1. The summed E-state index contributed by atoms with van der Waals surface area (Å²) < 4.78 is 0. The van der Waals surface area contributed by atoms with Gasteiger partial charge in [0, 0.05) is 6.54 Å².